The van der Waals surface area contributed by atoms with Gasteiger partial charge in [-0.1, -0.05) is 18.9 Å². The van der Waals surface area contributed by atoms with E-state index in [2.05, 4.69) is 28.9 Å². The van der Waals surface area contributed by atoms with Gasteiger partial charge in [-0.3, -0.25) is 0 Å². The van der Waals surface area contributed by atoms with Gasteiger partial charge in [0.15, 0.2) is 0 Å². The molecule has 1 heterocycles. The lowest BCUT2D eigenvalue weighted by atomic mass is 10.2. The molecule has 0 saturated heterocycles. The van der Waals surface area contributed by atoms with Crippen molar-refractivity contribution in [1.82, 2.24) is 4.98 Å². The predicted molar refractivity (Wildman–Crippen MR) is 72.2 cm³/mol. The Balaban J connectivity index is 2.10. The molecule has 3 heteroatoms. The summed E-state index contributed by atoms with van der Waals surface area (Å²) in [5, 5.41) is 0. The highest BCUT2D eigenvalue weighted by Crippen LogP contribution is 2.27. The molecule has 0 aliphatic heterocycles. The van der Waals surface area contributed by atoms with Gasteiger partial charge in [0, 0.05) is 18.8 Å². The van der Waals surface area contributed by atoms with Crippen LogP contribution in [0.2, 0.25) is 0 Å². The molecule has 0 spiro atoms. The molecule has 0 bridgehead atoms. The van der Waals surface area contributed by atoms with Crippen LogP contribution in [0.25, 0.3) is 0 Å². The highest BCUT2D eigenvalue weighted by molar-refractivity contribution is 5.40. The van der Waals surface area contributed by atoms with Gasteiger partial charge < -0.3 is 10.6 Å². The van der Waals surface area contributed by atoms with E-state index in [1.807, 2.05) is 6.20 Å². The van der Waals surface area contributed by atoms with E-state index in [0.717, 1.165) is 25.3 Å². The maximum absolute atomic E-state index is 5.63. The number of nitrogens with zero attached hydrogens (tertiary/aromatic N) is 2. The van der Waals surface area contributed by atoms with Crippen LogP contribution in [-0.2, 0) is 0 Å². The van der Waals surface area contributed by atoms with Gasteiger partial charge in [-0.05, 0) is 44.4 Å². The maximum Gasteiger partial charge on any atom is 0.128 e. The minimum Gasteiger partial charge on any atom is -0.354 e. The van der Waals surface area contributed by atoms with Gasteiger partial charge >= 0.3 is 0 Å². The zero-order chi connectivity index (χ0) is 12.1. The first-order valence-corrected chi connectivity index (χ1v) is 6.70. The minimum absolute atomic E-state index is 0.678. The number of aryl methyl sites for hydroxylation is 1. The fourth-order valence-corrected chi connectivity index (χ4v) is 2.59. The lowest BCUT2D eigenvalue weighted by molar-refractivity contribution is 0.587. The van der Waals surface area contributed by atoms with Crippen LogP contribution in [0.1, 0.15) is 37.7 Å². The van der Waals surface area contributed by atoms with Crippen LogP contribution in [0.4, 0.5) is 5.82 Å². The largest absolute Gasteiger partial charge is 0.354 e. The molecule has 2 N–H and O–H groups in total. The first-order chi connectivity index (χ1) is 8.31. The Morgan fingerprint density at radius 3 is 2.71 bits per heavy atom. The third-order valence-electron chi connectivity index (χ3n) is 3.56. The maximum atomic E-state index is 5.63. The van der Waals surface area contributed by atoms with E-state index in [-0.39, 0.29) is 0 Å². The molecule has 0 amide bonds. The molecule has 0 aromatic carbocycles. The Bertz CT molecular complexity index is 328. The molecule has 0 unspecified atom stereocenters. The van der Waals surface area contributed by atoms with Crippen molar-refractivity contribution < 1.29 is 0 Å². The van der Waals surface area contributed by atoms with Crippen molar-refractivity contribution in [2.45, 2.75) is 45.1 Å². The van der Waals surface area contributed by atoms with E-state index < -0.39 is 0 Å². The van der Waals surface area contributed by atoms with Crippen molar-refractivity contribution in [3.63, 3.8) is 0 Å². The number of aromatic nitrogens is 1. The number of rotatable bonds is 5. The summed E-state index contributed by atoms with van der Waals surface area (Å²) in [6.07, 6.45) is 8.33. The lowest BCUT2D eigenvalue weighted by Crippen LogP contribution is -2.35. The molecule has 1 fully saturated rings. The fraction of sp³-hybridized carbons (Fsp3) is 0.643. The van der Waals surface area contributed by atoms with Crippen molar-refractivity contribution in [1.29, 1.82) is 0 Å². The highest BCUT2D eigenvalue weighted by Gasteiger charge is 2.22. The average molecular weight is 233 g/mol. The Kier molecular flexibility index (Phi) is 4.37. The molecule has 94 valence electrons. The topological polar surface area (TPSA) is 42.1 Å². The number of nitrogens with two attached hydrogens (primary N) is 1. The van der Waals surface area contributed by atoms with Crippen molar-refractivity contribution in [3.05, 3.63) is 23.9 Å². The Labute approximate surface area is 104 Å². The Hall–Kier alpha value is -1.09. The first kappa shape index (κ1) is 12.4. The van der Waals surface area contributed by atoms with Crippen LogP contribution in [0, 0.1) is 6.92 Å². The summed E-state index contributed by atoms with van der Waals surface area (Å²) in [6.45, 7) is 3.88. The molecule has 3 nitrogen and oxygen atoms in total. The quantitative estimate of drug-likeness (QED) is 0.849. The van der Waals surface area contributed by atoms with Crippen LogP contribution in [0.3, 0.4) is 0 Å². The van der Waals surface area contributed by atoms with Gasteiger partial charge in [0.2, 0.25) is 0 Å². The van der Waals surface area contributed by atoms with E-state index >= 15 is 0 Å². The van der Waals surface area contributed by atoms with Gasteiger partial charge in [0.1, 0.15) is 5.82 Å². The third kappa shape index (κ3) is 3.19. The molecule has 2 rings (SSSR count). The van der Waals surface area contributed by atoms with Gasteiger partial charge in [-0.15, -0.1) is 0 Å². The van der Waals surface area contributed by atoms with Crippen molar-refractivity contribution in [2.75, 3.05) is 18.0 Å². The van der Waals surface area contributed by atoms with Crippen LogP contribution >= 0.6 is 0 Å². The standard InChI is InChI=1S/C14H23N3/c1-12-7-8-14(16-11-12)17(10-4-9-15)13-5-2-3-6-13/h7-8,11,13H,2-6,9-10,15H2,1H3. The van der Waals surface area contributed by atoms with E-state index in [1.54, 1.807) is 0 Å². The molecular weight excluding hydrogens is 210 g/mol. The van der Waals surface area contributed by atoms with E-state index in [9.17, 15) is 0 Å². The molecule has 0 radical (unpaired) electrons. The SMILES string of the molecule is Cc1ccc(N(CCCN)C2CCCC2)nc1. The molecule has 1 aromatic heterocycles. The second-order valence-electron chi connectivity index (χ2n) is 4.97. The summed E-state index contributed by atoms with van der Waals surface area (Å²) >= 11 is 0. The zero-order valence-electron chi connectivity index (χ0n) is 10.7. The fourth-order valence-electron chi connectivity index (χ4n) is 2.59. The normalized spacial score (nSPS) is 16.4. The summed E-state index contributed by atoms with van der Waals surface area (Å²) in [6, 6.07) is 4.97. The summed E-state index contributed by atoms with van der Waals surface area (Å²) < 4.78 is 0. The second kappa shape index (κ2) is 6.01. The van der Waals surface area contributed by atoms with Gasteiger partial charge in [0.25, 0.3) is 0 Å². The monoisotopic (exact) mass is 233 g/mol. The molecule has 1 aromatic rings. The summed E-state index contributed by atoms with van der Waals surface area (Å²) in [7, 11) is 0. The van der Waals surface area contributed by atoms with E-state index in [1.165, 1.54) is 31.2 Å². The van der Waals surface area contributed by atoms with Crippen molar-refractivity contribution in [2.24, 2.45) is 5.73 Å². The summed E-state index contributed by atoms with van der Waals surface area (Å²) in [5.74, 6) is 1.12. The molecule has 17 heavy (non-hydrogen) atoms. The van der Waals surface area contributed by atoms with E-state index in [0.29, 0.717) is 6.04 Å². The highest BCUT2D eigenvalue weighted by atomic mass is 15.2. The summed E-state index contributed by atoms with van der Waals surface area (Å²) in [4.78, 5) is 7.02. The van der Waals surface area contributed by atoms with Crippen molar-refractivity contribution >= 4 is 5.82 Å². The smallest absolute Gasteiger partial charge is 0.128 e. The van der Waals surface area contributed by atoms with Crippen LogP contribution in [0.5, 0.6) is 0 Å². The minimum atomic E-state index is 0.678. The van der Waals surface area contributed by atoms with Gasteiger partial charge in [0.05, 0.1) is 0 Å². The van der Waals surface area contributed by atoms with Gasteiger partial charge in [-0.25, -0.2) is 4.98 Å². The number of pyridine rings is 1. The molecule has 1 aliphatic carbocycles. The summed E-state index contributed by atoms with van der Waals surface area (Å²) in [5.41, 5.74) is 6.85. The average Bonchev–Trinajstić information content (AvgIpc) is 2.85. The molecule has 0 atom stereocenters. The van der Waals surface area contributed by atoms with Crippen LogP contribution in [0.15, 0.2) is 18.3 Å². The Morgan fingerprint density at radius 1 is 1.35 bits per heavy atom. The van der Waals surface area contributed by atoms with Crippen LogP contribution in [-0.4, -0.2) is 24.1 Å². The Morgan fingerprint density at radius 2 is 2.12 bits per heavy atom. The van der Waals surface area contributed by atoms with Crippen LogP contribution < -0.4 is 10.6 Å². The number of hydrogen-bond donors (Lipinski definition) is 1. The first-order valence-electron chi connectivity index (χ1n) is 6.70. The van der Waals surface area contributed by atoms with Crippen molar-refractivity contribution in [3.8, 4) is 0 Å². The number of anilines is 1. The molecule has 1 saturated carbocycles. The predicted octanol–water partition coefficient (Wildman–Crippen LogP) is 2.49. The zero-order valence-corrected chi connectivity index (χ0v) is 10.7. The van der Waals surface area contributed by atoms with Gasteiger partial charge in [-0.2, -0.15) is 0 Å². The molecule has 1 aliphatic rings. The van der Waals surface area contributed by atoms with E-state index in [4.69, 9.17) is 5.73 Å². The molecular formula is C14H23N3. The third-order valence-corrected chi connectivity index (χ3v) is 3.56. The lowest BCUT2D eigenvalue weighted by Gasteiger charge is -2.30. The second-order valence-corrected chi connectivity index (χ2v) is 4.97. The number of hydrogen-bond acceptors (Lipinski definition) is 3.